The number of nitrogens with zero attached hydrogens (tertiary/aromatic N) is 5. The summed E-state index contributed by atoms with van der Waals surface area (Å²) in [6.45, 7) is 3.01. The number of para-hydroxylation sites is 1. The molecule has 0 saturated heterocycles. The number of aromatic nitrogens is 5. The molecular formula is C25H29FN6O. The molecule has 4 aromatic rings. The molecule has 172 valence electrons. The maximum atomic E-state index is 14.0. The second kappa shape index (κ2) is 9.21. The van der Waals surface area contributed by atoms with Gasteiger partial charge in [-0.05, 0) is 44.2 Å². The number of hydrogen-bond acceptors (Lipinski definition) is 5. The number of benzene rings is 1. The number of aryl methyl sites for hydroxylation is 1. The number of hydrogen-bond donors (Lipinski definition) is 1. The molecule has 1 fully saturated rings. The van der Waals surface area contributed by atoms with Gasteiger partial charge < -0.3 is 10.1 Å². The third kappa shape index (κ3) is 4.42. The molecule has 0 atom stereocenters. The highest BCUT2D eigenvalue weighted by Crippen LogP contribution is 2.36. The van der Waals surface area contributed by atoms with E-state index in [1.165, 1.54) is 6.07 Å². The number of anilines is 1. The van der Waals surface area contributed by atoms with Crippen molar-refractivity contribution in [3.8, 4) is 17.0 Å². The van der Waals surface area contributed by atoms with Gasteiger partial charge in [0.25, 0.3) is 0 Å². The Morgan fingerprint density at radius 2 is 1.97 bits per heavy atom. The molecule has 0 amide bonds. The van der Waals surface area contributed by atoms with Gasteiger partial charge in [0.15, 0.2) is 11.6 Å². The zero-order valence-corrected chi connectivity index (χ0v) is 19.0. The second-order valence-corrected chi connectivity index (χ2v) is 8.69. The zero-order valence-electron chi connectivity index (χ0n) is 19.0. The molecule has 1 aromatic carbocycles. The highest BCUT2D eigenvalue weighted by atomic mass is 19.1. The molecule has 0 aliphatic heterocycles. The minimum atomic E-state index is -0.307. The van der Waals surface area contributed by atoms with E-state index in [0.717, 1.165) is 66.6 Å². The van der Waals surface area contributed by atoms with E-state index >= 15 is 0 Å². The summed E-state index contributed by atoms with van der Waals surface area (Å²) >= 11 is 0. The lowest BCUT2D eigenvalue weighted by Crippen LogP contribution is -2.26. The van der Waals surface area contributed by atoms with Gasteiger partial charge in [-0.2, -0.15) is 10.2 Å². The zero-order chi connectivity index (χ0) is 22.8. The molecule has 8 heteroatoms. The van der Waals surface area contributed by atoms with Crippen molar-refractivity contribution in [2.24, 2.45) is 7.05 Å². The fourth-order valence-electron chi connectivity index (χ4n) is 4.54. The van der Waals surface area contributed by atoms with Gasteiger partial charge in [-0.3, -0.25) is 9.36 Å². The maximum Gasteiger partial charge on any atom is 0.165 e. The van der Waals surface area contributed by atoms with E-state index in [4.69, 9.17) is 9.84 Å². The van der Waals surface area contributed by atoms with E-state index in [2.05, 4.69) is 33.1 Å². The van der Waals surface area contributed by atoms with Gasteiger partial charge in [0, 0.05) is 43.0 Å². The molecule has 3 aromatic heterocycles. The van der Waals surface area contributed by atoms with Gasteiger partial charge in [0.2, 0.25) is 0 Å². The minimum absolute atomic E-state index is 0.0150. The topological polar surface area (TPSA) is 69.8 Å². The van der Waals surface area contributed by atoms with Crippen molar-refractivity contribution in [1.29, 1.82) is 0 Å². The van der Waals surface area contributed by atoms with Crippen molar-refractivity contribution in [3.63, 3.8) is 0 Å². The van der Waals surface area contributed by atoms with Crippen LogP contribution in [0, 0.1) is 5.82 Å². The monoisotopic (exact) mass is 448 g/mol. The van der Waals surface area contributed by atoms with Crippen LogP contribution in [0.15, 0.2) is 48.9 Å². The lowest BCUT2D eigenvalue weighted by molar-refractivity contribution is 0.126. The fourth-order valence-corrected chi connectivity index (χ4v) is 4.54. The Labute approximate surface area is 192 Å². The summed E-state index contributed by atoms with van der Waals surface area (Å²) in [4.78, 5) is 4.62. The lowest BCUT2D eigenvalue weighted by Gasteiger charge is -2.29. The summed E-state index contributed by atoms with van der Waals surface area (Å²) in [6.07, 6.45) is 10.3. The van der Waals surface area contributed by atoms with Crippen LogP contribution < -0.4 is 10.1 Å². The first-order valence-corrected chi connectivity index (χ1v) is 11.6. The van der Waals surface area contributed by atoms with Crippen molar-refractivity contribution in [2.45, 2.75) is 51.2 Å². The molecule has 1 N–H and O–H groups in total. The Morgan fingerprint density at radius 1 is 1.15 bits per heavy atom. The van der Waals surface area contributed by atoms with Gasteiger partial charge in [-0.15, -0.1) is 0 Å². The average Bonchev–Trinajstić information content (AvgIpc) is 3.43. The highest BCUT2D eigenvalue weighted by molar-refractivity contribution is 5.93. The molecule has 5 rings (SSSR count). The SMILES string of the molecule is CCCNc1cc2c(cn1)c(-c1cnn(C)c1)nn2[C@H]1CC[C@@H](Oc2ccccc2F)CC1. The van der Waals surface area contributed by atoms with Crippen LogP contribution in [-0.2, 0) is 7.05 Å². The smallest absolute Gasteiger partial charge is 0.165 e. The summed E-state index contributed by atoms with van der Waals surface area (Å²) in [5.41, 5.74) is 2.95. The molecule has 33 heavy (non-hydrogen) atoms. The molecule has 0 radical (unpaired) electrons. The normalized spacial score (nSPS) is 18.5. The van der Waals surface area contributed by atoms with Crippen LogP contribution in [-0.4, -0.2) is 37.2 Å². The van der Waals surface area contributed by atoms with Crippen LogP contribution in [0.4, 0.5) is 10.2 Å². The Hall–Kier alpha value is -3.42. The number of fused-ring (bicyclic) bond motifs is 1. The largest absolute Gasteiger partial charge is 0.487 e. The quantitative estimate of drug-likeness (QED) is 0.412. The standard InChI is InChI=1S/C25H29FN6O/c1-3-12-27-24-13-22-20(15-28-24)25(17-14-29-31(2)16-17)30-32(22)18-8-10-19(11-9-18)33-23-7-5-4-6-21(23)26/h4-7,13-16,18-19H,3,8-12H2,1-2H3,(H,27,28)/t18-,19+. The van der Waals surface area contributed by atoms with Crippen molar-refractivity contribution >= 4 is 16.7 Å². The summed E-state index contributed by atoms with van der Waals surface area (Å²) in [5, 5.41) is 13.8. The molecule has 0 bridgehead atoms. The van der Waals surface area contributed by atoms with Crippen LogP contribution in [0.3, 0.4) is 0 Å². The van der Waals surface area contributed by atoms with E-state index in [0.29, 0.717) is 5.75 Å². The summed E-state index contributed by atoms with van der Waals surface area (Å²) in [6, 6.07) is 8.97. The number of halogens is 1. The molecule has 1 saturated carbocycles. The first-order valence-electron chi connectivity index (χ1n) is 11.6. The van der Waals surface area contributed by atoms with Crippen LogP contribution in [0.1, 0.15) is 45.1 Å². The predicted molar refractivity (Wildman–Crippen MR) is 127 cm³/mol. The summed E-state index contributed by atoms with van der Waals surface area (Å²) in [5.74, 6) is 0.889. The number of nitrogens with one attached hydrogen (secondary N) is 1. The van der Waals surface area contributed by atoms with Crippen LogP contribution in [0.5, 0.6) is 5.75 Å². The van der Waals surface area contributed by atoms with E-state index in [1.807, 2.05) is 25.6 Å². The van der Waals surface area contributed by atoms with E-state index < -0.39 is 0 Å². The summed E-state index contributed by atoms with van der Waals surface area (Å²) < 4.78 is 23.9. The molecular weight excluding hydrogens is 419 g/mol. The molecule has 0 spiro atoms. The number of rotatable bonds is 7. The number of ether oxygens (including phenoxy) is 1. The minimum Gasteiger partial charge on any atom is -0.487 e. The van der Waals surface area contributed by atoms with Crippen molar-refractivity contribution in [1.82, 2.24) is 24.5 Å². The second-order valence-electron chi connectivity index (χ2n) is 8.69. The van der Waals surface area contributed by atoms with E-state index in [9.17, 15) is 4.39 Å². The van der Waals surface area contributed by atoms with Crippen LogP contribution in [0.25, 0.3) is 22.2 Å². The molecule has 3 heterocycles. The Balaban J connectivity index is 1.41. The van der Waals surface area contributed by atoms with Gasteiger partial charge in [0.05, 0.1) is 23.9 Å². The number of pyridine rings is 1. The van der Waals surface area contributed by atoms with Crippen molar-refractivity contribution in [2.75, 3.05) is 11.9 Å². The Morgan fingerprint density at radius 3 is 2.70 bits per heavy atom. The van der Waals surface area contributed by atoms with Crippen LogP contribution >= 0.6 is 0 Å². The summed E-state index contributed by atoms with van der Waals surface area (Å²) in [7, 11) is 1.91. The van der Waals surface area contributed by atoms with Gasteiger partial charge in [0.1, 0.15) is 11.5 Å². The van der Waals surface area contributed by atoms with Gasteiger partial charge >= 0.3 is 0 Å². The molecule has 1 aliphatic rings. The third-order valence-corrected chi connectivity index (χ3v) is 6.25. The van der Waals surface area contributed by atoms with E-state index in [-0.39, 0.29) is 18.0 Å². The molecule has 7 nitrogen and oxygen atoms in total. The fraction of sp³-hybridized carbons (Fsp3) is 0.400. The first-order chi connectivity index (χ1) is 16.1. The predicted octanol–water partition coefficient (Wildman–Crippen LogP) is 5.36. The molecule has 1 aliphatic carbocycles. The van der Waals surface area contributed by atoms with Crippen LogP contribution in [0.2, 0.25) is 0 Å². The van der Waals surface area contributed by atoms with Crippen molar-refractivity contribution in [3.05, 3.63) is 54.7 Å². The van der Waals surface area contributed by atoms with E-state index in [1.54, 1.807) is 22.9 Å². The maximum absolute atomic E-state index is 14.0. The van der Waals surface area contributed by atoms with Crippen molar-refractivity contribution < 1.29 is 9.13 Å². The van der Waals surface area contributed by atoms with Gasteiger partial charge in [-0.25, -0.2) is 9.37 Å². The Kier molecular flexibility index (Phi) is 5.98. The lowest BCUT2D eigenvalue weighted by atomic mass is 9.93. The average molecular weight is 449 g/mol. The molecule has 0 unspecified atom stereocenters. The third-order valence-electron chi connectivity index (χ3n) is 6.25. The van der Waals surface area contributed by atoms with Gasteiger partial charge in [-0.1, -0.05) is 19.1 Å². The first kappa shape index (κ1) is 21.4. The highest BCUT2D eigenvalue weighted by Gasteiger charge is 2.27. The Bertz CT molecular complexity index is 1240.